The smallest absolute Gasteiger partial charge is 0.228 e. The molecule has 1 heterocycles. The van der Waals surface area contributed by atoms with E-state index >= 15 is 0 Å². The first-order chi connectivity index (χ1) is 8.43. The average Bonchev–Trinajstić information content (AvgIpc) is 2.62. The van der Waals surface area contributed by atoms with Crippen molar-refractivity contribution in [2.45, 2.75) is 32.6 Å². The molecule has 1 N–H and O–H groups in total. The number of hydrogen-bond acceptors (Lipinski definition) is 1. The molecule has 1 aliphatic heterocycles. The van der Waals surface area contributed by atoms with E-state index in [0.29, 0.717) is 6.42 Å². The first kappa shape index (κ1) is 11.3. The molecule has 0 fully saturated rings. The third-order valence-corrected chi connectivity index (χ3v) is 3.55. The Kier molecular flexibility index (Phi) is 2.24. The van der Waals surface area contributed by atoms with Crippen molar-refractivity contribution in [1.82, 2.24) is 0 Å². The van der Waals surface area contributed by atoms with Crippen molar-refractivity contribution >= 4 is 22.4 Å². The highest BCUT2D eigenvalue weighted by atomic mass is 16.1. The lowest BCUT2D eigenvalue weighted by atomic mass is 9.85. The summed E-state index contributed by atoms with van der Waals surface area (Å²) < 4.78 is 0. The number of benzene rings is 2. The van der Waals surface area contributed by atoms with Crippen LogP contribution in [0.25, 0.3) is 10.8 Å². The number of hydrogen-bond donors (Lipinski definition) is 1. The van der Waals surface area contributed by atoms with Gasteiger partial charge in [-0.15, -0.1) is 0 Å². The van der Waals surface area contributed by atoms with Crippen LogP contribution in [-0.4, -0.2) is 5.91 Å². The molecule has 0 radical (unpaired) electrons. The van der Waals surface area contributed by atoms with Crippen LogP contribution in [0.15, 0.2) is 30.3 Å². The lowest BCUT2D eigenvalue weighted by molar-refractivity contribution is -0.115. The molecule has 0 bridgehead atoms. The molecule has 0 atom stereocenters. The summed E-state index contributed by atoms with van der Waals surface area (Å²) >= 11 is 0. The standard InChI is InChI=1S/C16H17NO/c1-16(2,3)13-5-4-10-6-12-9-15(18)17-14(12)8-11(10)7-13/h4-8H,9H2,1-3H3,(H,17,18). The molecule has 1 amide bonds. The van der Waals surface area contributed by atoms with Crippen LogP contribution in [0, 0.1) is 0 Å². The van der Waals surface area contributed by atoms with E-state index in [1.807, 2.05) is 0 Å². The van der Waals surface area contributed by atoms with Gasteiger partial charge >= 0.3 is 0 Å². The highest BCUT2D eigenvalue weighted by Crippen LogP contribution is 2.31. The maximum Gasteiger partial charge on any atom is 0.228 e. The Morgan fingerprint density at radius 1 is 1.06 bits per heavy atom. The van der Waals surface area contributed by atoms with E-state index in [1.165, 1.54) is 16.3 Å². The zero-order valence-electron chi connectivity index (χ0n) is 11.0. The summed E-state index contributed by atoms with van der Waals surface area (Å²) in [4.78, 5) is 11.4. The molecular weight excluding hydrogens is 222 g/mol. The zero-order chi connectivity index (χ0) is 12.9. The second-order valence-electron chi connectivity index (χ2n) is 6.05. The Hall–Kier alpha value is -1.83. The van der Waals surface area contributed by atoms with Gasteiger partial charge in [-0.25, -0.2) is 0 Å². The van der Waals surface area contributed by atoms with Crippen molar-refractivity contribution in [1.29, 1.82) is 0 Å². The van der Waals surface area contributed by atoms with Crippen molar-refractivity contribution < 1.29 is 4.79 Å². The van der Waals surface area contributed by atoms with Gasteiger partial charge in [0, 0.05) is 5.69 Å². The number of carbonyl (C=O) groups is 1. The molecule has 0 aromatic heterocycles. The molecule has 0 unspecified atom stereocenters. The van der Waals surface area contributed by atoms with Gasteiger partial charge in [0.25, 0.3) is 0 Å². The van der Waals surface area contributed by atoms with E-state index in [2.05, 4.69) is 56.4 Å². The van der Waals surface area contributed by atoms with Crippen LogP contribution in [0.2, 0.25) is 0 Å². The molecule has 0 spiro atoms. The Morgan fingerprint density at radius 2 is 1.83 bits per heavy atom. The summed E-state index contributed by atoms with van der Waals surface area (Å²) in [5.41, 5.74) is 3.55. The van der Waals surface area contributed by atoms with Gasteiger partial charge in [0.1, 0.15) is 0 Å². The van der Waals surface area contributed by atoms with Crippen molar-refractivity contribution in [2.24, 2.45) is 0 Å². The van der Waals surface area contributed by atoms with E-state index in [4.69, 9.17) is 0 Å². The van der Waals surface area contributed by atoms with E-state index in [0.717, 1.165) is 11.3 Å². The van der Waals surface area contributed by atoms with Crippen molar-refractivity contribution in [2.75, 3.05) is 5.32 Å². The molecule has 0 aliphatic carbocycles. The third kappa shape index (κ3) is 1.78. The quantitative estimate of drug-likeness (QED) is 0.747. The molecule has 2 heteroatoms. The van der Waals surface area contributed by atoms with Crippen molar-refractivity contribution in [3.8, 4) is 0 Å². The molecule has 2 aromatic carbocycles. The Morgan fingerprint density at radius 3 is 2.56 bits per heavy atom. The summed E-state index contributed by atoms with van der Waals surface area (Å²) in [6, 6.07) is 10.8. The van der Waals surface area contributed by atoms with Gasteiger partial charge in [-0.1, -0.05) is 39.0 Å². The first-order valence-corrected chi connectivity index (χ1v) is 6.30. The molecule has 0 saturated carbocycles. The number of nitrogens with one attached hydrogen (secondary N) is 1. The number of fused-ring (bicyclic) bond motifs is 2. The van der Waals surface area contributed by atoms with Gasteiger partial charge in [-0.2, -0.15) is 0 Å². The van der Waals surface area contributed by atoms with Crippen LogP contribution in [-0.2, 0) is 16.6 Å². The number of carbonyl (C=O) groups excluding carboxylic acids is 1. The van der Waals surface area contributed by atoms with Crippen LogP contribution in [0.1, 0.15) is 31.9 Å². The van der Waals surface area contributed by atoms with Crippen LogP contribution >= 0.6 is 0 Å². The fourth-order valence-electron chi connectivity index (χ4n) is 2.44. The van der Waals surface area contributed by atoms with Gasteiger partial charge in [0.15, 0.2) is 0 Å². The topological polar surface area (TPSA) is 29.1 Å². The highest BCUT2D eigenvalue weighted by Gasteiger charge is 2.19. The molecule has 2 aromatic rings. The van der Waals surface area contributed by atoms with Gasteiger partial charge in [-0.3, -0.25) is 4.79 Å². The molecule has 3 rings (SSSR count). The maximum absolute atomic E-state index is 11.4. The fourth-order valence-corrected chi connectivity index (χ4v) is 2.44. The number of anilines is 1. The van der Waals surface area contributed by atoms with E-state index < -0.39 is 0 Å². The molecule has 2 nitrogen and oxygen atoms in total. The minimum Gasteiger partial charge on any atom is -0.326 e. The van der Waals surface area contributed by atoms with Gasteiger partial charge in [-0.05, 0) is 39.4 Å². The van der Waals surface area contributed by atoms with E-state index in [-0.39, 0.29) is 11.3 Å². The maximum atomic E-state index is 11.4. The van der Waals surface area contributed by atoms with E-state index in [1.54, 1.807) is 0 Å². The first-order valence-electron chi connectivity index (χ1n) is 6.30. The van der Waals surface area contributed by atoms with Crippen LogP contribution in [0.3, 0.4) is 0 Å². The molecule has 92 valence electrons. The Labute approximate surface area is 107 Å². The normalized spacial score (nSPS) is 14.7. The summed E-state index contributed by atoms with van der Waals surface area (Å²) in [6.07, 6.45) is 0.506. The van der Waals surface area contributed by atoms with Crippen molar-refractivity contribution in [3.63, 3.8) is 0 Å². The lowest BCUT2D eigenvalue weighted by Crippen LogP contribution is -2.10. The fraction of sp³-hybridized carbons (Fsp3) is 0.312. The summed E-state index contributed by atoms with van der Waals surface area (Å²) in [7, 11) is 0. The van der Waals surface area contributed by atoms with Gasteiger partial charge < -0.3 is 5.32 Å². The largest absolute Gasteiger partial charge is 0.326 e. The van der Waals surface area contributed by atoms with Crippen LogP contribution in [0.5, 0.6) is 0 Å². The predicted octanol–water partition coefficient (Wildman–Crippen LogP) is 3.63. The molecule has 1 aliphatic rings. The minimum atomic E-state index is 0.0938. The molecular formula is C16H17NO. The second-order valence-corrected chi connectivity index (χ2v) is 6.05. The molecule has 0 saturated heterocycles. The predicted molar refractivity (Wildman–Crippen MR) is 75.0 cm³/mol. The van der Waals surface area contributed by atoms with Crippen LogP contribution in [0.4, 0.5) is 5.69 Å². The third-order valence-electron chi connectivity index (χ3n) is 3.55. The summed E-state index contributed by atoms with van der Waals surface area (Å²) in [5.74, 6) is 0.0938. The summed E-state index contributed by atoms with van der Waals surface area (Å²) in [5, 5.41) is 5.31. The van der Waals surface area contributed by atoms with Crippen LogP contribution < -0.4 is 5.32 Å². The Balaban J connectivity index is 2.19. The average molecular weight is 239 g/mol. The second kappa shape index (κ2) is 3.58. The lowest BCUT2D eigenvalue weighted by Gasteiger charge is -2.19. The zero-order valence-corrected chi connectivity index (χ0v) is 11.0. The van der Waals surface area contributed by atoms with E-state index in [9.17, 15) is 4.79 Å². The number of amides is 1. The highest BCUT2D eigenvalue weighted by molar-refractivity contribution is 6.02. The van der Waals surface area contributed by atoms with Gasteiger partial charge in [0.2, 0.25) is 5.91 Å². The van der Waals surface area contributed by atoms with Crippen molar-refractivity contribution in [3.05, 3.63) is 41.5 Å². The monoisotopic (exact) mass is 239 g/mol. The van der Waals surface area contributed by atoms with Gasteiger partial charge in [0.05, 0.1) is 6.42 Å². The SMILES string of the molecule is CC(C)(C)c1ccc2cc3c(cc2c1)NC(=O)C3. The molecule has 18 heavy (non-hydrogen) atoms. The number of rotatable bonds is 0. The Bertz CT molecular complexity index is 650. The minimum absolute atomic E-state index is 0.0938. The summed E-state index contributed by atoms with van der Waals surface area (Å²) in [6.45, 7) is 6.63.